The normalized spacial score (nSPS) is 22.8. The van der Waals surface area contributed by atoms with E-state index in [1.54, 1.807) is 0 Å². The summed E-state index contributed by atoms with van der Waals surface area (Å²) in [6.45, 7) is 1.17. The summed E-state index contributed by atoms with van der Waals surface area (Å²) >= 11 is 8.16. The molecule has 1 aromatic carbocycles. The molecule has 1 aliphatic rings. The molecular formula is C15H22ClNS. The third kappa shape index (κ3) is 3.91. The van der Waals surface area contributed by atoms with Crippen LogP contribution in [0.2, 0.25) is 5.02 Å². The van der Waals surface area contributed by atoms with Gasteiger partial charge in [-0.1, -0.05) is 29.8 Å². The largest absolute Gasteiger partial charge is 0.314 e. The van der Waals surface area contributed by atoms with Crippen LogP contribution < -0.4 is 5.32 Å². The van der Waals surface area contributed by atoms with Crippen molar-refractivity contribution in [1.82, 2.24) is 5.32 Å². The molecule has 18 heavy (non-hydrogen) atoms. The van der Waals surface area contributed by atoms with Crippen molar-refractivity contribution in [3.05, 3.63) is 34.9 Å². The average Bonchev–Trinajstić information content (AvgIpc) is 2.33. The topological polar surface area (TPSA) is 12.0 Å². The lowest BCUT2D eigenvalue weighted by atomic mass is 9.76. The Kier molecular flexibility index (Phi) is 5.87. The smallest absolute Gasteiger partial charge is 0.0440 e. The molecule has 0 saturated heterocycles. The zero-order valence-corrected chi connectivity index (χ0v) is 12.6. The molecule has 1 nitrogen and oxygen atoms in total. The zero-order valence-electron chi connectivity index (χ0n) is 11.0. The number of halogens is 1. The van der Waals surface area contributed by atoms with Crippen molar-refractivity contribution in [3.8, 4) is 0 Å². The van der Waals surface area contributed by atoms with E-state index >= 15 is 0 Å². The predicted octanol–water partition coefficient (Wildman–Crippen LogP) is 4.32. The lowest BCUT2D eigenvalue weighted by Gasteiger charge is -2.37. The quantitative estimate of drug-likeness (QED) is 0.748. The van der Waals surface area contributed by atoms with E-state index in [0.717, 1.165) is 5.02 Å². The van der Waals surface area contributed by atoms with Crippen LogP contribution in [0.5, 0.6) is 0 Å². The molecule has 1 N–H and O–H groups in total. The van der Waals surface area contributed by atoms with Gasteiger partial charge in [0.05, 0.1) is 0 Å². The number of nitrogens with one attached hydrogen (secondary N) is 1. The van der Waals surface area contributed by atoms with Crippen molar-refractivity contribution in [2.75, 3.05) is 18.6 Å². The van der Waals surface area contributed by atoms with E-state index in [9.17, 15) is 0 Å². The lowest BCUT2D eigenvalue weighted by Crippen LogP contribution is -2.40. The van der Waals surface area contributed by atoms with Gasteiger partial charge in [0.15, 0.2) is 0 Å². The molecular weight excluding hydrogens is 262 g/mol. The SMILES string of the molecule is CSCCCCNC1CC(c2ccccc2Cl)C1. The van der Waals surface area contributed by atoms with Crippen LogP contribution >= 0.6 is 23.4 Å². The maximum atomic E-state index is 6.22. The van der Waals surface area contributed by atoms with E-state index < -0.39 is 0 Å². The molecule has 0 aromatic heterocycles. The van der Waals surface area contributed by atoms with Crippen LogP contribution in [0.1, 0.15) is 37.2 Å². The molecule has 0 bridgehead atoms. The van der Waals surface area contributed by atoms with Crippen LogP contribution in [0.25, 0.3) is 0 Å². The van der Waals surface area contributed by atoms with Gasteiger partial charge in [-0.05, 0) is 61.8 Å². The van der Waals surface area contributed by atoms with Crippen LogP contribution in [0.3, 0.4) is 0 Å². The van der Waals surface area contributed by atoms with Crippen molar-refractivity contribution in [2.24, 2.45) is 0 Å². The van der Waals surface area contributed by atoms with Gasteiger partial charge >= 0.3 is 0 Å². The Balaban J connectivity index is 1.64. The van der Waals surface area contributed by atoms with E-state index in [1.807, 2.05) is 23.9 Å². The summed E-state index contributed by atoms with van der Waals surface area (Å²) in [6.07, 6.45) is 7.29. The monoisotopic (exact) mass is 283 g/mol. The Morgan fingerprint density at radius 1 is 1.28 bits per heavy atom. The molecule has 1 aromatic rings. The molecule has 0 radical (unpaired) electrons. The second-order valence-electron chi connectivity index (χ2n) is 5.04. The highest BCUT2D eigenvalue weighted by molar-refractivity contribution is 7.98. The molecule has 1 aliphatic carbocycles. The number of rotatable bonds is 7. The molecule has 0 spiro atoms. The molecule has 0 atom stereocenters. The van der Waals surface area contributed by atoms with Gasteiger partial charge in [-0.2, -0.15) is 11.8 Å². The van der Waals surface area contributed by atoms with Crippen molar-refractivity contribution in [1.29, 1.82) is 0 Å². The molecule has 0 heterocycles. The number of unbranched alkanes of at least 4 members (excludes halogenated alkanes) is 1. The first-order valence-electron chi connectivity index (χ1n) is 6.78. The molecule has 2 rings (SSSR count). The molecule has 0 unspecified atom stereocenters. The highest BCUT2D eigenvalue weighted by atomic mass is 35.5. The first kappa shape index (κ1) is 14.2. The third-order valence-corrected chi connectivity index (χ3v) is 4.73. The van der Waals surface area contributed by atoms with E-state index in [-0.39, 0.29) is 0 Å². The van der Waals surface area contributed by atoms with Gasteiger partial charge in [-0.15, -0.1) is 0 Å². The lowest BCUT2D eigenvalue weighted by molar-refractivity contribution is 0.290. The van der Waals surface area contributed by atoms with E-state index in [2.05, 4.69) is 23.7 Å². The van der Waals surface area contributed by atoms with Crippen molar-refractivity contribution in [2.45, 2.75) is 37.6 Å². The second-order valence-corrected chi connectivity index (χ2v) is 6.43. The molecule has 0 amide bonds. The van der Waals surface area contributed by atoms with Crippen LogP contribution in [0.4, 0.5) is 0 Å². The maximum Gasteiger partial charge on any atom is 0.0440 e. The summed E-state index contributed by atoms with van der Waals surface area (Å²) in [5.74, 6) is 1.96. The number of hydrogen-bond donors (Lipinski definition) is 1. The van der Waals surface area contributed by atoms with Crippen LogP contribution in [0, 0.1) is 0 Å². The highest BCUT2D eigenvalue weighted by Gasteiger charge is 2.30. The zero-order chi connectivity index (χ0) is 12.8. The average molecular weight is 284 g/mol. The van der Waals surface area contributed by atoms with Crippen molar-refractivity contribution < 1.29 is 0 Å². The fraction of sp³-hybridized carbons (Fsp3) is 0.600. The van der Waals surface area contributed by atoms with Crippen LogP contribution in [0.15, 0.2) is 24.3 Å². The van der Waals surface area contributed by atoms with Crippen LogP contribution in [-0.2, 0) is 0 Å². The summed E-state index contributed by atoms with van der Waals surface area (Å²) in [7, 11) is 0. The van der Waals surface area contributed by atoms with Gasteiger partial charge in [-0.3, -0.25) is 0 Å². The number of hydrogen-bond acceptors (Lipinski definition) is 2. The van der Waals surface area contributed by atoms with E-state index in [4.69, 9.17) is 11.6 Å². The van der Waals surface area contributed by atoms with Gasteiger partial charge in [0.1, 0.15) is 0 Å². The second kappa shape index (κ2) is 7.42. The van der Waals surface area contributed by atoms with E-state index in [1.165, 1.54) is 43.5 Å². The van der Waals surface area contributed by atoms with Gasteiger partial charge in [-0.25, -0.2) is 0 Å². The Morgan fingerprint density at radius 2 is 2.06 bits per heavy atom. The Bertz CT molecular complexity index is 363. The summed E-state index contributed by atoms with van der Waals surface area (Å²) in [5.41, 5.74) is 1.33. The minimum absolute atomic E-state index is 0.669. The molecule has 1 fully saturated rings. The Morgan fingerprint density at radius 3 is 2.78 bits per heavy atom. The fourth-order valence-corrected chi connectivity index (χ4v) is 3.31. The minimum Gasteiger partial charge on any atom is -0.314 e. The van der Waals surface area contributed by atoms with Gasteiger partial charge in [0.25, 0.3) is 0 Å². The Labute approximate surface area is 120 Å². The summed E-state index contributed by atoms with van der Waals surface area (Å²) < 4.78 is 0. The summed E-state index contributed by atoms with van der Waals surface area (Å²) in [5, 5.41) is 4.58. The first-order valence-corrected chi connectivity index (χ1v) is 8.55. The number of benzene rings is 1. The molecule has 100 valence electrons. The summed E-state index contributed by atoms with van der Waals surface area (Å²) in [6, 6.07) is 8.97. The number of thioether (sulfide) groups is 1. The van der Waals surface area contributed by atoms with Gasteiger partial charge in [0.2, 0.25) is 0 Å². The minimum atomic E-state index is 0.669. The fourth-order valence-electron chi connectivity index (χ4n) is 2.52. The Hall–Kier alpha value is -0.180. The molecule has 1 saturated carbocycles. The summed E-state index contributed by atoms with van der Waals surface area (Å²) in [4.78, 5) is 0. The maximum absolute atomic E-state index is 6.22. The third-order valence-electron chi connectivity index (χ3n) is 3.69. The van der Waals surface area contributed by atoms with Gasteiger partial charge < -0.3 is 5.32 Å². The van der Waals surface area contributed by atoms with Gasteiger partial charge in [0, 0.05) is 11.1 Å². The van der Waals surface area contributed by atoms with Crippen molar-refractivity contribution in [3.63, 3.8) is 0 Å². The van der Waals surface area contributed by atoms with Crippen molar-refractivity contribution >= 4 is 23.4 Å². The van der Waals surface area contributed by atoms with E-state index in [0.29, 0.717) is 12.0 Å². The highest BCUT2D eigenvalue weighted by Crippen LogP contribution is 2.39. The van der Waals surface area contributed by atoms with Crippen LogP contribution in [-0.4, -0.2) is 24.6 Å². The molecule has 3 heteroatoms. The predicted molar refractivity (Wildman–Crippen MR) is 82.8 cm³/mol. The first-order chi connectivity index (χ1) is 8.81. The standard InChI is InChI=1S/C15H22ClNS/c1-18-9-5-4-8-17-13-10-12(11-13)14-6-2-3-7-15(14)16/h2-3,6-7,12-13,17H,4-5,8-11H2,1H3. The molecule has 0 aliphatic heterocycles.